The Hall–Kier alpha value is -2.65. The summed E-state index contributed by atoms with van der Waals surface area (Å²) in [5, 5.41) is 5.48. The smallest absolute Gasteiger partial charge is 0.297 e. The number of amides is 3. The Labute approximate surface area is 192 Å². The molecular weight excluding hydrogens is 465 g/mol. The molecule has 1 aliphatic rings. The highest BCUT2D eigenvalue weighted by Gasteiger charge is 2.33. The largest absolute Gasteiger partial charge is 0.351 e. The van der Waals surface area contributed by atoms with Gasteiger partial charge in [0.1, 0.15) is 0 Å². The van der Waals surface area contributed by atoms with Gasteiger partial charge in [-0.3, -0.25) is 19.7 Å². The first-order valence-electron chi connectivity index (χ1n) is 9.72. The zero-order valence-corrected chi connectivity index (χ0v) is 18.7. The third-order valence-corrected chi connectivity index (χ3v) is 5.88. The van der Waals surface area contributed by atoms with Gasteiger partial charge in [-0.05, 0) is 44.0 Å². The molecule has 3 rings (SSSR count). The van der Waals surface area contributed by atoms with Crippen molar-refractivity contribution in [3.05, 3.63) is 57.1 Å². The highest BCUT2D eigenvalue weighted by atomic mass is 35.5. The minimum atomic E-state index is -2.85. The number of nitrogens with one attached hydrogen (secondary N) is 2. The summed E-state index contributed by atoms with van der Waals surface area (Å²) in [6.07, 6.45) is -1.17. The lowest BCUT2D eigenvalue weighted by Gasteiger charge is -2.24. The summed E-state index contributed by atoms with van der Waals surface area (Å²) in [6, 6.07) is 4.58. The molecule has 1 atom stereocenters. The van der Waals surface area contributed by atoms with Crippen LogP contribution in [0.5, 0.6) is 0 Å². The first-order valence-corrected chi connectivity index (χ1v) is 10.5. The minimum Gasteiger partial charge on any atom is -0.351 e. The Morgan fingerprint density at radius 3 is 2.53 bits per heavy atom. The normalized spacial score (nSPS) is 16.8. The third-order valence-electron chi connectivity index (χ3n) is 5.26. The van der Waals surface area contributed by atoms with Crippen molar-refractivity contribution in [3.8, 4) is 0 Å². The second-order valence-corrected chi connectivity index (χ2v) is 8.70. The van der Waals surface area contributed by atoms with E-state index < -0.39 is 35.4 Å². The molecule has 0 bridgehead atoms. The van der Waals surface area contributed by atoms with Crippen LogP contribution < -0.4 is 10.6 Å². The fourth-order valence-corrected chi connectivity index (χ4v) is 4.18. The zero-order chi connectivity index (χ0) is 23.6. The molecule has 1 aromatic carbocycles. The molecule has 1 fully saturated rings. The van der Waals surface area contributed by atoms with Crippen LogP contribution in [-0.2, 0) is 26.3 Å². The van der Waals surface area contributed by atoms with Crippen molar-refractivity contribution in [2.75, 3.05) is 0 Å². The second-order valence-electron chi connectivity index (χ2n) is 7.89. The molecule has 0 spiro atoms. The Kier molecular flexibility index (Phi) is 7.09. The number of piperidine rings is 1. The van der Waals surface area contributed by atoms with Crippen molar-refractivity contribution >= 4 is 40.9 Å². The highest BCUT2D eigenvalue weighted by molar-refractivity contribution is 6.36. The fourth-order valence-electron chi connectivity index (χ4n) is 3.39. The van der Waals surface area contributed by atoms with Gasteiger partial charge in [0.15, 0.2) is 5.82 Å². The number of carbonyl (C=O) groups is 3. The minimum absolute atomic E-state index is 0.0596. The maximum absolute atomic E-state index is 12.9. The van der Waals surface area contributed by atoms with E-state index in [0.29, 0.717) is 17.5 Å². The quantitative estimate of drug-likeness (QED) is 0.606. The number of imide groups is 1. The average molecular weight is 485 g/mol. The van der Waals surface area contributed by atoms with Gasteiger partial charge in [0.2, 0.25) is 17.7 Å². The molecule has 7 nitrogen and oxygen atoms in total. The molecule has 1 saturated heterocycles. The van der Waals surface area contributed by atoms with Gasteiger partial charge in [-0.2, -0.15) is 0 Å². The van der Waals surface area contributed by atoms with Gasteiger partial charge in [-0.25, -0.2) is 18.7 Å². The Bertz CT molecular complexity index is 1060. The molecule has 3 amide bonds. The van der Waals surface area contributed by atoms with E-state index in [-0.39, 0.29) is 34.6 Å². The van der Waals surface area contributed by atoms with E-state index in [4.69, 9.17) is 23.2 Å². The molecule has 1 unspecified atom stereocenters. The number of aromatic nitrogens is 2. The predicted molar refractivity (Wildman–Crippen MR) is 113 cm³/mol. The lowest BCUT2D eigenvalue weighted by atomic mass is 9.87. The number of hydrogen-bond donors (Lipinski definition) is 2. The molecule has 170 valence electrons. The Balaban J connectivity index is 1.74. The zero-order valence-electron chi connectivity index (χ0n) is 17.2. The van der Waals surface area contributed by atoms with Crippen LogP contribution >= 0.6 is 23.2 Å². The first kappa shape index (κ1) is 24.0. The fraction of sp³-hybridized carbons (Fsp3) is 0.381. The maximum atomic E-state index is 12.9. The number of rotatable bonds is 6. The number of nitrogens with zero attached hydrogens (tertiary/aromatic N) is 2. The van der Waals surface area contributed by atoms with Crippen molar-refractivity contribution in [2.24, 2.45) is 0 Å². The third kappa shape index (κ3) is 5.05. The van der Waals surface area contributed by atoms with E-state index in [1.807, 2.05) is 0 Å². The summed E-state index contributed by atoms with van der Waals surface area (Å²) in [7, 11) is 0. The summed E-state index contributed by atoms with van der Waals surface area (Å²) in [5.41, 5.74) is -0.0395. The van der Waals surface area contributed by atoms with Crippen molar-refractivity contribution in [3.63, 3.8) is 0 Å². The molecule has 2 aromatic rings. The number of alkyl halides is 2. The Morgan fingerprint density at radius 2 is 1.94 bits per heavy atom. The lowest BCUT2D eigenvalue weighted by Crippen LogP contribution is -2.40. The van der Waals surface area contributed by atoms with Crippen molar-refractivity contribution in [1.29, 1.82) is 0 Å². The maximum Gasteiger partial charge on any atom is 0.297 e. The summed E-state index contributed by atoms with van der Waals surface area (Å²) in [6.45, 7) is 3.18. The molecule has 0 radical (unpaired) electrons. The van der Waals surface area contributed by atoms with E-state index in [2.05, 4.69) is 20.6 Å². The van der Waals surface area contributed by atoms with E-state index in [1.165, 1.54) is 12.3 Å². The van der Waals surface area contributed by atoms with Crippen molar-refractivity contribution in [2.45, 2.75) is 51.0 Å². The van der Waals surface area contributed by atoms with Gasteiger partial charge >= 0.3 is 0 Å². The van der Waals surface area contributed by atoms with Crippen LogP contribution in [0.25, 0.3) is 0 Å². The van der Waals surface area contributed by atoms with E-state index >= 15 is 0 Å². The summed E-state index contributed by atoms with van der Waals surface area (Å²) in [5.74, 6) is -2.54. The molecule has 32 heavy (non-hydrogen) atoms. The molecular formula is C21H20Cl2F2N4O3. The summed E-state index contributed by atoms with van der Waals surface area (Å²) in [4.78, 5) is 43.6. The van der Waals surface area contributed by atoms with Gasteiger partial charge in [-0.15, -0.1) is 0 Å². The molecule has 1 aromatic heterocycles. The van der Waals surface area contributed by atoms with Crippen LogP contribution in [-0.4, -0.2) is 27.7 Å². The molecule has 0 aliphatic carbocycles. The number of halogens is 4. The molecule has 0 saturated carbocycles. The average Bonchev–Trinajstić information content (AvgIpc) is 2.73. The van der Waals surface area contributed by atoms with Gasteiger partial charge in [0, 0.05) is 34.8 Å². The van der Waals surface area contributed by atoms with Gasteiger partial charge in [-0.1, -0.05) is 23.2 Å². The van der Waals surface area contributed by atoms with E-state index in [0.717, 1.165) is 0 Å². The topological polar surface area (TPSA) is 101 Å². The number of hydrogen-bond acceptors (Lipinski definition) is 5. The number of carbonyl (C=O) groups excluding carboxylic acids is 3. The molecule has 11 heteroatoms. The van der Waals surface area contributed by atoms with Crippen molar-refractivity contribution in [1.82, 2.24) is 20.6 Å². The van der Waals surface area contributed by atoms with Crippen LogP contribution in [0.15, 0.2) is 24.4 Å². The SMILES string of the molecule is CC(C)(C(=O)NCc1cc(Cl)c(C2CCC(=O)NC2=O)c(Cl)c1)c1ccnc(C(F)F)n1. The van der Waals surface area contributed by atoms with Crippen LogP contribution in [0.4, 0.5) is 8.78 Å². The first-order chi connectivity index (χ1) is 15.0. The Morgan fingerprint density at radius 1 is 1.28 bits per heavy atom. The van der Waals surface area contributed by atoms with Crippen LogP contribution in [0.2, 0.25) is 10.0 Å². The van der Waals surface area contributed by atoms with Crippen molar-refractivity contribution < 1.29 is 23.2 Å². The summed E-state index contributed by atoms with van der Waals surface area (Å²) >= 11 is 12.7. The van der Waals surface area contributed by atoms with Crippen LogP contribution in [0.3, 0.4) is 0 Å². The highest BCUT2D eigenvalue weighted by Crippen LogP contribution is 2.37. The van der Waals surface area contributed by atoms with Gasteiger partial charge < -0.3 is 5.32 Å². The lowest BCUT2D eigenvalue weighted by molar-refractivity contribution is -0.134. The monoisotopic (exact) mass is 484 g/mol. The van der Waals surface area contributed by atoms with E-state index in [9.17, 15) is 23.2 Å². The number of benzene rings is 1. The predicted octanol–water partition coefficient (Wildman–Crippen LogP) is 3.84. The molecule has 1 aliphatic heterocycles. The van der Waals surface area contributed by atoms with Gasteiger partial charge in [0.25, 0.3) is 6.43 Å². The van der Waals surface area contributed by atoms with Gasteiger partial charge in [0.05, 0.1) is 17.0 Å². The summed E-state index contributed by atoms with van der Waals surface area (Å²) < 4.78 is 25.8. The molecule has 2 N–H and O–H groups in total. The van der Waals surface area contributed by atoms with E-state index in [1.54, 1.807) is 26.0 Å². The standard InChI is InChI=1S/C21H20Cl2F2N4O3/c1-21(2,14-5-6-26-18(28-14)17(24)25)20(32)27-9-10-7-12(22)16(13(23)8-10)11-3-4-15(30)29-19(11)31/h5-8,11,17H,3-4,9H2,1-2H3,(H,27,32)(H,29,30,31). The second kappa shape index (κ2) is 9.46. The van der Waals surface area contributed by atoms with Crippen LogP contribution in [0.1, 0.15) is 61.7 Å². The van der Waals surface area contributed by atoms with Crippen LogP contribution in [0, 0.1) is 0 Å². The molecule has 2 heterocycles.